The van der Waals surface area contributed by atoms with Gasteiger partial charge >= 0.3 is 0 Å². The molecule has 0 aromatic carbocycles. The van der Waals surface area contributed by atoms with Gasteiger partial charge in [-0.3, -0.25) is 0 Å². The van der Waals surface area contributed by atoms with E-state index in [1.54, 1.807) is 6.07 Å². The number of nitriles is 1. The van der Waals surface area contributed by atoms with Crippen molar-refractivity contribution >= 4 is 0 Å². The minimum absolute atomic E-state index is 1.42. The van der Waals surface area contributed by atoms with E-state index in [1.165, 1.54) is 11.8 Å². The predicted molar refractivity (Wildman–Crippen MR) is 30.0 cm³/mol. The van der Waals surface area contributed by atoms with E-state index >= 15 is 0 Å². The Kier molecular flexibility index (Phi) is 12.5. The van der Waals surface area contributed by atoms with Crippen molar-refractivity contribution in [2.24, 2.45) is 0 Å². The molecule has 0 aromatic rings. The molecule has 0 fully saturated rings. The number of nitrogens with zero attached hydrogens (tertiary/aromatic N) is 1. The fourth-order valence-corrected chi connectivity index (χ4v) is 0. The first-order valence-corrected chi connectivity index (χ1v) is 2.22. The summed E-state index contributed by atoms with van der Waals surface area (Å²) in [5.74, 6) is 0. The van der Waals surface area contributed by atoms with Crippen LogP contribution in [0.5, 0.6) is 0 Å². The summed E-state index contributed by atoms with van der Waals surface area (Å²) in [6.45, 7) is 1.43. The van der Waals surface area contributed by atoms with E-state index in [9.17, 15) is 0 Å². The highest BCUT2D eigenvalue weighted by molar-refractivity contribution is 4.51. The van der Waals surface area contributed by atoms with E-state index in [-0.39, 0.29) is 0 Å². The van der Waals surface area contributed by atoms with E-state index in [0.717, 1.165) is 0 Å². The highest BCUT2D eigenvalue weighted by atomic mass is 15.0. The Balaban J connectivity index is 0. The lowest BCUT2D eigenvalue weighted by Crippen LogP contribution is -3.02. The first-order valence-electron chi connectivity index (χ1n) is 2.22. The van der Waals surface area contributed by atoms with E-state index < -0.39 is 0 Å². The fraction of sp³-hybridized carbons (Fsp3) is 0.800. The summed E-state index contributed by atoms with van der Waals surface area (Å²) in [5.41, 5.74) is 0. The molecule has 0 aromatic heterocycles. The molecule has 0 aliphatic heterocycles. The minimum Gasteiger partial charge on any atom is -0.342 e. The molecule has 0 saturated heterocycles. The van der Waals surface area contributed by atoms with Crippen LogP contribution in [0.25, 0.3) is 0 Å². The van der Waals surface area contributed by atoms with Crippen molar-refractivity contribution in [1.82, 2.24) is 0 Å². The van der Waals surface area contributed by atoms with Gasteiger partial charge in [-0.1, -0.05) is 0 Å². The van der Waals surface area contributed by atoms with Crippen molar-refractivity contribution in [3.8, 4) is 6.07 Å². The SMILES string of the molecule is CC#N.C[NH+](C)C. The zero-order chi connectivity index (χ0) is 6.28. The molecule has 2 heteroatoms. The number of hydrogen-bond acceptors (Lipinski definition) is 1. The third-order valence-electron chi connectivity index (χ3n) is 0. The van der Waals surface area contributed by atoms with E-state index in [0.29, 0.717) is 0 Å². The lowest BCUT2D eigenvalue weighted by atomic mass is 11.0. The smallest absolute Gasteiger partial charge is 0.0661 e. The van der Waals surface area contributed by atoms with Gasteiger partial charge in [-0.25, -0.2) is 0 Å². The van der Waals surface area contributed by atoms with Crippen LogP contribution in [0.1, 0.15) is 6.92 Å². The Morgan fingerprint density at radius 1 is 1.29 bits per heavy atom. The van der Waals surface area contributed by atoms with Crippen LogP contribution in [-0.4, -0.2) is 21.1 Å². The second-order valence-electron chi connectivity index (χ2n) is 1.72. The van der Waals surface area contributed by atoms with Gasteiger partial charge in [0.1, 0.15) is 0 Å². The number of nitrogens with one attached hydrogen (secondary N) is 1. The normalized spacial score (nSPS) is 6.29. The Bertz CT molecular complexity index is 48.8. The van der Waals surface area contributed by atoms with Gasteiger partial charge in [0.05, 0.1) is 27.2 Å². The molecule has 0 rings (SSSR count). The van der Waals surface area contributed by atoms with Gasteiger partial charge in [-0.2, -0.15) is 5.26 Å². The van der Waals surface area contributed by atoms with Crippen LogP contribution in [-0.2, 0) is 0 Å². The Hall–Kier alpha value is -0.550. The summed E-state index contributed by atoms with van der Waals surface area (Å²) in [6, 6.07) is 1.75. The second-order valence-corrected chi connectivity index (χ2v) is 1.72. The Labute approximate surface area is 45.4 Å². The van der Waals surface area contributed by atoms with Crippen molar-refractivity contribution < 1.29 is 4.90 Å². The summed E-state index contributed by atoms with van der Waals surface area (Å²) in [7, 11) is 6.25. The summed E-state index contributed by atoms with van der Waals surface area (Å²) in [4.78, 5) is 1.42. The molecule has 0 heterocycles. The molecule has 7 heavy (non-hydrogen) atoms. The summed E-state index contributed by atoms with van der Waals surface area (Å²) < 4.78 is 0. The molecule has 42 valence electrons. The third kappa shape index (κ3) is 214. The van der Waals surface area contributed by atoms with Crippen molar-refractivity contribution in [3.63, 3.8) is 0 Å². The van der Waals surface area contributed by atoms with Crippen LogP contribution >= 0.6 is 0 Å². The molecule has 1 N–H and O–H groups in total. The average molecular weight is 101 g/mol. The number of rotatable bonds is 0. The van der Waals surface area contributed by atoms with E-state index in [1.807, 2.05) is 0 Å². The van der Waals surface area contributed by atoms with Crippen LogP contribution in [0.2, 0.25) is 0 Å². The van der Waals surface area contributed by atoms with Crippen molar-refractivity contribution in [1.29, 1.82) is 5.26 Å². The molecule has 0 saturated carbocycles. The first kappa shape index (κ1) is 9.67. The second kappa shape index (κ2) is 9.07. The van der Waals surface area contributed by atoms with Crippen molar-refractivity contribution in [2.75, 3.05) is 21.1 Å². The standard InChI is InChI=1S/C3H9N.C2H3N/c1-4(2)3;1-2-3/h1-3H3;1H3/p+1. The monoisotopic (exact) mass is 101 g/mol. The maximum Gasteiger partial charge on any atom is 0.0661 e. The Morgan fingerprint density at radius 2 is 1.29 bits per heavy atom. The number of hydrogen-bond donors (Lipinski definition) is 1. The largest absolute Gasteiger partial charge is 0.342 e. The minimum atomic E-state index is 1.42. The molecular formula is C5H13N2+. The summed E-state index contributed by atoms with van der Waals surface area (Å²) in [5, 5.41) is 7.32. The molecule has 0 aliphatic rings. The van der Waals surface area contributed by atoms with Crippen LogP contribution < -0.4 is 4.90 Å². The highest BCUT2D eigenvalue weighted by Gasteiger charge is 1.61. The summed E-state index contributed by atoms with van der Waals surface area (Å²) in [6.07, 6.45) is 0. The van der Waals surface area contributed by atoms with Gasteiger partial charge in [0.2, 0.25) is 0 Å². The quantitative estimate of drug-likeness (QED) is 0.429. The fourth-order valence-electron chi connectivity index (χ4n) is 0. The van der Waals surface area contributed by atoms with Crippen molar-refractivity contribution in [3.05, 3.63) is 0 Å². The molecular weight excluding hydrogens is 88.1 g/mol. The van der Waals surface area contributed by atoms with E-state index in [4.69, 9.17) is 5.26 Å². The van der Waals surface area contributed by atoms with Gasteiger partial charge < -0.3 is 4.90 Å². The topological polar surface area (TPSA) is 28.2 Å². The van der Waals surface area contributed by atoms with Crippen molar-refractivity contribution in [2.45, 2.75) is 6.92 Å². The lowest BCUT2D eigenvalue weighted by Gasteiger charge is -1.88. The molecule has 0 aliphatic carbocycles. The van der Waals surface area contributed by atoms with Gasteiger partial charge in [0, 0.05) is 6.92 Å². The van der Waals surface area contributed by atoms with Crippen LogP contribution in [0.3, 0.4) is 0 Å². The molecule has 2 nitrogen and oxygen atoms in total. The van der Waals surface area contributed by atoms with Gasteiger partial charge in [-0.15, -0.1) is 0 Å². The van der Waals surface area contributed by atoms with Crippen LogP contribution in [0.4, 0.5) is 0 Å². The zero-order valence-corrected chi connectivity index (χ0v) is 5.45. The molecule has 0 atom stereocenters. The summed E-state index contributed by atoms with van der Waals surface area (Å²) >= 11 is 0. The van der Waals surface area contributed by atoms with Crippen LogP contribution in [0, 0.1) is 11.3 Å². The molecule has 0 bridgehead atoms. The van der Waals surface area contributed by atoms with Crippen LogP contribution in [0.15, 0.2) is 0 Å². The maximum atomic E-state index is 7.32. The zero-order valence-electron chi connectivity index (χ0n) is 5.45. The van der Waals surface area contributed by atoms with Gasteiger partial charge in [-0.05, 0) is 0 Å². The lowest BCUT2D eigenvalue weighted by molar-refractivity contribution is -0.836. The van der Waals surface area contributed by atoms with Gasteiger partial charge in [0.25, 0.3) is 0 Å². The maximum absolute atomic E-state index is 7.32. The number of quaternary nitrogens is 1. The first-order chi connectivity index (χ1) is 3.15. The predicted octanol–water partition coefficient (Wildman–Crippen LogP) is -0.709. The molecule has 0 unspecified atom stereocenters. The molecule has 0 spiro atoms. The Morgan fingerprint density at radius 3 is 1.29 bits per heavy atom. The van der Waals surface area contributed by atoms with E-state index in [2.05, 4.69) is 21.1 Å². The van der Waals surface area contributed by atoms with Gasteiger partial charge in [0.15, 0.2) is 0 Å². The molecule has 0 radical (unpaired) electrons. The highest BCUT2D eigenvalue weighted by Crippen LogP contribution is 1.21. The third-order valence-corrected chi connectivity index (χ3v) is 0. The molecule has 0 amide bonds. The average Bonchev–Trinajstić information content (AvgIpc) is 1.33.